The van der Waals surface area contributed by atoms with Crippen LogP contribution in [-0.4, -0.2) is 22.7 Å². The number of nitrogens with zero attached hydrogens (tertiary/aromatic N) is 1. The molecule has 1 aromatic carbocycles. The van der Waals surface area contributed by atoms with Crippen molar-refractivity contribution < 1.29 is 9.53 Å². The molecule has 2 rings (SSSR count). The van der Waals surface area contributed by atoms with Crippen molar-refractivity contribution in [3.8, 4) is 5.75 Å². The van der Waals surface area contributed by atoms with Crippen LogP contribution < -0.4 is 15.8 Å². The van der Waals surface area contributed by atoms with E-state index in [4.69, 9.17) is 10.5 Å². The zero-order valence-corrected chi connectivity index (χ0v) is 9.93. The van der Waals surface area contributed by atoms with Crippen LogP contribution in [-0.2, 0) is 0 Å². The van der Waals surface area contributed by atoms with Crippen molar-refractivity contribution in [3.05, 3.63) is 36.0 Å². The summed E-state index contributed by atoms with van der Waals surface area (Å²) in [6, 6.07) is 7.15. The van der Waals surface area contributed by atoms with Gasteiger partial charge in [-0.05, 0) is 19.1 Å². The van der Waals surface area contributed by atoms with Gasteiger partial charge in [-0.3, -0.25) is 9.89 Å². The third-order valence-corrected chi connectivity index (χ3v) is 2.32. The molecule has 0 saturated carbocycles. The molecule has 0 aliphatic heterocycles. The summed E-state index contributed by atoms with van der Waals surface area (Å²) in [6.45, 7) is 2.48. The van der Waals surface area contributed by atoms with Crippen LogP contribution >= 0.6 is 0 Å². The molecule has 18 heavy (non-hydrogen) atoms. The van der Waals surface area contributed by atoms with Gasteiger partial charge in [-0.1, -0.05) is 6.07 Å². The van der Waals surface area contributed by atoms with Crippen LogP contribution in [0.15, 0.2) is 30.5 Å². The third kappa shape index (κ3) is 2.60. The maximum Gasteiger partial charge on any atom is 0.261 e. The molecule has 94 valence electrons. The van der Waals surface area contributed by atoms with Crippen molar-refractivity contribution in [2.45, 2.75) is 6.92 Å². The number of aromatic nitrogens is 2. The SMILES string of the molecule is CCOc1cccc(NC(=O)c2cn[nH]c2N)c1. The van der Waals surface area contributed by atoms with E-state index < -0.39 is 0 Å². The second kappa shape index (κ2) is 5.22. The van der Waals surface area contributed by atoms with Gasteiger partial charge in [0.05, 0.1) is 12.8 Å². The Labute approximate surface area is 104 Å². The van der Waals surface area contributed by atoms with Gasteiger partial charge < -0.3 is 15.8 Å². The average molecular weight is 246 g/mol. The maximum atomic E-state index is 11.9. The zero-order chi connectivity index (χ0) is 13.0. The van der Waals surface area contributed by atoms with E-state index in [2.05, 4.69) is 15.5 Å². The number of rotatable bonds is 4. The predicted octanol–water partition coefficient (Wildman–Crippen LogP) is 1.64. The van der Waals surface area contributed by atoms with Gasteiger partial charge in [-0.2, -0.15) is 5.10 Å². The first-order valence-electron chi connectivity index (χ1n) is 5.53. The quantitative estimate of drug-likeness (QED) is 0.764. The smallest absolute Gasteiger partial charge is 0.261 e. The highest BCUT2D eigenvalue weighted by Gasteiger charge is 2.11. The fourth-order valence-electron chi connectivity index (χ4n) is 1.51. The van der Waals surface area contributed by atoms with Crippen LogP contribution in [0, 0.1) is 0 Å². The number of anilines is 2. The van der Waals surface area contributed by atoms with Gasteiger partial charge in [0, 0.05) is 11.8 Å². The van der Waals surface area contributed by atoms with Crippen LogP contribution in [0.1, 0.15) is 17.3 Å². The molecule has 1 aromatic heterocycles. The first kappa shape index (κ1) is 12.0. The Balaban J connectivity index is 2.12. The van der Waals surface area contributed by atoms with E-state index in [1.54, 1.807) is 18.2 Å². The van der Waals surface area contributed by atoms with E-state index in [0.717, 1.165) is 0 Å². The molecule has 0 unspecified atom stereocenters. The molecule has 0 aliphatic carbocycles. The Bertz CT molecular complexity index is 551. The van der Waals surface area contributed by atoms with Crippen LogP contribution in [0.25, 0.3) is 0 Å². The summed E-state index contributed by atoms with van der Waals surface area (Å²) in [5.41, 5.74) is 6.53. The minimum absolute atomic E-state index is 0.244. The molecular weight excluding hydrogens is 232 g/mol. The summed E-state index contributed by atoms with van der Waals surface area (Å²) in [4.78, 5) is 11.9. The average Bonchev–Trinajstić information content (AvgIpc) is 2.76. The summed E-state index contributed by atoms with van der Waals surface area (Å²) >= 11 is 0. The number of ether oxygens (including phenoxy) is 1. The van der Waals surface area contributed by atoms with Gasteiger partial charge in [-0.25, -0.2) is 0 Å². The second-order valence-electron chi connectivity index (χ2n) is 3.61. The number of carbonyl (C=O) groups excluding carboxylic acids is 1. The summed E-state index contributed by atoms with van der Waals surface area (Å²) in [7, 11) is 0. The minimum atomic E-state index is -0.310. The molecule has 2 aromatic rings. The number of benzene rings is 1. The van der Waals surface area contributed by atoms with E-state index in [1.165, 1.54) is 6.20 Å². The second-order valence-corrected chi connectivity index (χ2v) is 3.61. The van der Waals surface area contributed by atoms with Gasteiger partial charge in [0.25, 0.3) is 5.91 Å². The van der Waals surface area contributed by atoms with Gasteiger partial charge in [0.15, 0.2) is 0 Å². The highest BCUT2D eigenvalue weighted by Crippen LogP contribution is 2.18. The Morgan fingerprint density at radius 1 is 1.56 bits per heavy atom. The summed E-state index contributed by atoms with van der Waals surface area (Å²) in [6.07, 6.45) is 1.39. The normalized spacial score (nSPS) is 10.1. The fourth-order valence-corrected chi connectivity index (χ4v) is 1.51. The summed E-state index contributed by atoms with van der Waals surface area (Å²) in [5, 5.41) is 8.93. The molecule has 1 amide bonds. The lowest BCUT2D eigenvalue weighted by Gasteiger charge is -2.07. The van der Waals surface area contributed by atoms with Crippen molar-refractivity contribution >= 4 is 17.4 Å². The molecule has 0 spiro atoms. The Morgan fingerprint density at radius 3 is 3.06 bits per heavy atom. The number of nitrogens with one attached hydrogen (secondary N) is 2. The van der Waals surface area contributed by atoms with E-state index in [9.17, 15) is 4.79 Å². The van der Waals surface area contributed by atoms with Crippen LogP contribution in [0.4, 0.5) is 11.5 Å². The lowest BCUT2D eigenvalue weighted by atomic mass is 10.2. The molecule has 0 radical (unpaired) electrons. The number of hydrogen-bond donors (Lipinski definition) is 3. The first-order chi connectivity index (χ1) is 8.70. The molecule has 6 heteroatoms. The summed E-state index contributed by atoms with van der Waals surface area (Å²) in [5.74, 6) is 0.638. The lowest BCUT2D eigenvalue weighted by molar-refractivity contribution is 0.102. The Kier molecular flexibility index (Phi) is 3.47. The number of carbonyl (C=O) groups is 1. The predicted molar refractivity (Wildman–Crippen MR) is 68.6 cm³/mol. The van der Waals surface area contributed by atoms with Crippen molar-refractivity contribution in [3.63, 3.8) is 0 Å². The number of aromatic amines is 1. The van der Waals surface area contributed by atoms with Crippen molar-refractivity contribution in [2.24, 2.45) is 0 Å². The van der Waals surface area contributed by atoms with Crippen LogP contribution in [0.3, 0.4) is 0 Å². The van der Waals surface area contributed by atoms with E-state index in [-0.39, 0.29) is 11.7 Å². The molecular formula is C12H14N4O2. The number of amides is 1. The van der Waals surface area contributed by atoms with Crippen LogP contribution in [0.2, 0.25) is 0 Å². The van der Waals surface area contributed by atoms with E-state index >= 15 is 0 Å². The first-order valence-corrected chi connectivity index (χ1v) is 5.53. The van der Waals surface area contributed by atoms with Gasteiger partial charge in [-0.15, -0.1) is 0 Å². The number of nitrogens with two attached hydrogens (primary N) is 1. The highest BCUT2D eigenvalue weighted by atomic mass is 16.5. The van der Waals surface area contributed by atoms with Crippen molar-refractivity contribution in [2.75, 3.05) is 17.7 Å². The molecule has 1 heterocycles. The Hall–Kier alpha value is -2.50. The summed E-state index contributed by atoms with van der Waals surface area (Å²) < 4.78 is 5.35. The number of nitrogen functional groups attached to an aromatic ring is 1. The zero-order valence-electron chi connectivity index (χ0n) is 9.93. The largest absolute Gasteiger partial charge is 0.494 e. The minimum Gasteiger partial charge on any atom is -0.494 e. The molecule has 6 nitrogen and oxygen atoms in total. The fraction of sp³-hybridized carbons (Fsp3) is 0.167. The van der Waals surface area contributed by atoms with E-state index in [1.807, 2.05) is 13.0 Å². The van der Waals surface area contributed by atoms with E-state index in [0.29, 0.717) is 23.6 Å². The standard InChI is InChI=1S/C12H14N4O2/c1-2-18-9-5-3-4-8(6-9)15-12(17)10-7-14-16-11(10)13/h3-7H,2H2,1H3,(H,15,17)(H3,13,14,16). The van der Waals surface area contributed by atoms with Gasteiger partial charge in [0.1, 0.15) is 17.1 Å². The maximum absolute atomic E-state index is 11.9. The molecule has 0 atom stereocenters. The molecule has 0 aliphatic rings. The molecule has 0 fully saturated rings. The van der Waals surface area contributed by atoms with Crippen molar-refractivity contribution in [1.29, 1.82) is 0 Å². The lowest BCUT2D eigenvalue weighted by Crippen LogP contribution is -2.13. The monoisotopic (exact) mass is 246 g/mol. The highest BCUT2D eigenvalue weighted by molar-refractivity contribution is 6.07. The number of H-pyrrole nitrogens is 1. The molecule has 0 bridgehead atoms. The van der Waals surface area contributed by atoms with Crippen molar-refractivity contribution in [1.82, 2.24) is 10.2 Å². The molecule has 0 saturated heterocycles. The number of hydrogen-bond acceptors (Lipinski definition) is 4. The Morgan fingerprint density at radius 2 is 2.39 bits per heavy atom. The topological polar surface area (TPSA) is 93.0 Å². The van der Waals surface area contributed by atoms with Crippen LogP contribution in [0.5, 0.6) is 5.75 Å². The van der Waals surface area contributed by atoms with Gasteiger partial charge in [0.2, 0.25) is 0 Å². The molecule has 4 N–H and O–H groups in total. The third-order valence-electron chi connectivity index (χ3n) is 2.32. The van der Waals surface area contributed by atoms with Gasteiger partial charge >= 0.3 is 0 Å².